The highest BCUT2D eigenvalue weighted by atomic mass is 35.5. The molecule has 1 atom stereocenters. The third-order valence-corrected chi connectivity index (χ3v) is 7.91. The van der Waals surface area contributed by atoms with E-state index in [1.165, 1.54) is 7.11 Å². The van der Waals surface area contributed by atoms with Crippen molar-refractivity contribution in [1.82, 2.24) is 19.0 Å². The maximum atomic E-state index is 13.8. The van der Waals surface area contributed by atoms with Gasteiger partial charge in [0.15, 0.2) is 18.1 Å². The first kappa shape index (κ1) is 25.7. The van der Waals surface area contributed by atoms with Gasteiger partial charge in [0.2, 0.25) is 10.0 Å². The zero-order chi connectivity index (χ0) is 25.5. The topological polar surface area (TPSA) is 88.0 Å². The maximum absolute atomic E-state index is 13.8. The van der Waals surface area contributed by atoms with Crippen LogP contribution in [0.5, 0.6) is 5.75 Å². The molecule has 0 N–H and O–H groups in total. The van der Waals surface area contributed by atoms with Crippen LogP contribution in [0.15, 0.2) is 18.2 Å². The van der Waals surface area contributed by atoms with Crippen molar-refractivity contribution in [3.8, 4) is 5.75 Å². The Morgan fingerprint density at radius 1 is 1.17 bits per heavy atom. The molecule has 2 aromatic rings. The minimum atomic E-state index is -4.78. The van der Waals surface area contributed by atoms with Crippen LogP contribution in [0.25, 0.3) is 0 Å². The summed E-state index contributed by atoms with van der Waals surface area (Å²) in [5.41, 5.74) is -0.239. The number of hydrogen-bond acceptors (Lipinski definition) is 7. The van der Waals surface area contributed by atoms with E-state index in [0.717, 1.165) is 20.9 Å². The third-order valence-electron chi connectivity index (χ3n) is 6.35. The molecule has 1 aromatic carbocycles. The number of nitrogens with zero attached hydrogens (tertiary/aromatic N) is 5. The number of aldehydes is 1. The number of anilines is 1. The van der Waals surface area contributed by atoms with Crippen molar-refractivity contribution in [2.24, 2.45) is 0 Å². The van der Waals surface area contributed by atoms with E-state index < -0.39 is 34.6 Å². The molecule has 0 radical (unpaired) electrons. The van der Waals surface area contributed by atoms with Gasteiger partial charge in [0.25, 0.3) is 0 Å². The van der Waals surface area contributed by atoms with Gasteiger partial charge in [-0.1, -0.05) is 11.6 Å². The van der Waals surface area contributed by atoms with Crippen molar-refractivity contribution in [3.63, 3.8) is 0 Å². The smallest absolute Gasteiger partial charge is 0.435 e. The lowest BCUT2D eigenvalue weighted by molar-refractivity contribution is -0.142. The lowest BCUT2D eigenvalue weighted by atomic mass is 10.1. The Labute approximate surface area is 206 Å². The van der Waals surface area contributed by atoms with Gasteiger partial charge >= 0.3 is 6.18 Å². The van der Waals surface area contributed by atoms with Crippen molar-refractivity contribution in [1.29, 1.82) is 0 Å². The number of methoxy groups -OCH3 is 1. The molecule has 1 fully saturated rings. The van der Waals surface area contributed by atoms with Crippen LogP contribution in [0.1, 0.15) is 23.1 Å². The molecule has 1 saturated heterocycles. The fraction of sp³-hybridized carbons (Fsp3) is 0.524. The molecule has 9 nitrogen and oxygen atoms in total. The van der Waals surface area contributed by atoms with E-state index in [9.17, 15) is 26.4 Å². The lowest BCUT2D eigenvalue weighted by Gasteiger charge is -2.39. The molecule has 2 aliphatic rings. The average molecular weight is 536 g/mol. The minimum absolute atomic E-state index is 0.0204. The standard InChI is InChI=1S/C21H25ClF3N5O4S/c1-34-18-11-14(3-4-16(18)22)27-7-9-28(10-8-27)19(13-31)30-17-5-6-29(35(2,32)33)12-15(17)20(26-30)21(23,24)25/h3-4,11,13,19H,5-10,12H2,1-2H3. The number of fused-ring (bicyclic) bond motifs is 1. The number of halogens is 4. The number of piperazine rings is 1. The quantitative estimate of drug-likeness (QED) is 0.525. The van der Waals surface area contributed by atoms with Gasteiger partial charge in [-0.2, -0.15) is 22.6 Å². The van der Waals surface area contributed by atoms with E-state index in [4.69, 9.17) is 16.3 Å². The van der Waals surface area contributed by atoms with Gasteiger partial charge in [-0.05, 0) is 12.1 Å². The highest BCUT2D eigenvalue weighted by Crippen LogP contribution is 2.37. The first-order chi connectivity index (χ1) is 16.4. The van der Waals surface area contributed by atoms with Crippen molar-refractivity contribution < 1.29 is 31.1 Å². The van der Waals surface area contributed by atoms with Crippen LogP contribution in [-0.4, -0.2) is 79.8 Å². The molecule has 3 heterocycles. The Morgan fingerprint density at radius 2 is 1.86 bits per heavy atom. The molecule has 192 valence electrons. The normalized spacial score (nSPS) is 18.9. The number of aromatic nitrogens is 2. The van der Waals surface area contributed by atoms with E-state index in [1.807, 2.05) is 12.1 Å². The number of rotatable bonds is 6. The largest absolute Gasteiger partial charge is 0.495 e. The summed E-state index contributed by atoms with van der Waals surface area (Å²) in [6, 6.07) is 5.39. The Bertz CT molecular complexity index is 1210. The summed E-state index contributed by atoms with van der Waals surface area (Å²) in [7, 11) is -2.16. The van der Waals surface area contributed by atoms with Crippen molar-refractivity contribution >= 4 is 33.6 Å². The number of sulfonamides is 1. The molecule has 0 bridgehead atoms. The second kappa shape index (κ2) is 9.60. The first-order valence-electron chi connectivity index (χ1n) is 10.8. The van der Waals surface area contributed by atoms with Gasteiger partial charge < -0.3 is 9.64 Å². The summed E-state index contributed by atoms with van der Waals surface area (Å²) < 4.78 is 72.6. The summed E-state index contributed by atoms with van der Waals surface area (Å²) in [5.74, 6) is 0.531. The summed E-state index contributed by atoms with van der Waals surface area (Å²) in [6.07, 6.45) is -4.25. The number of hydrogen-bond donors (Lipinski definition) is 0. The molecule has 14 heteroatoms. The molecule has 4 rings (SSSR count). The molecule has 2 aliphatic heterocycles. The SMILES string of the molecule is COc1cc(N2CCN(C(C=O)n3nc(C(F)(F)F)c4c3CCN(S(C)(=O)=O)C4)CC2)ccc1Cl. The van der Waals surface area contributed by atoms with Crippen LogP contribution >= 0.6 is 11.6 Å². The fourth-order valence-electron chi connectivity index (χ4n) is 4.54. The third kappa shape index (κ3) is 5.13. The average Bonchev–Trinajstić information content (AvgIpc) is 3.19. The predicted octanol–water partition coefficient (Wildman–Crippen LogP) is 2.40. The summed E-state index contributed by atoms with van der Waals surface area (Å²) in [6.45, 7) is 1.44. The number of benzene rings is 1. The number of carbonyl (C=O) groups is 1. The molecule has 0 aliphatic carbocycles. The van der Waals surface area contributed by atoms with Crippen molar-refractivity contribution in [2.45, 2.75) is 25.3 Å². The van der Waals surface area contributed by atoms with Crippen molar-refractivity contribution in [2.75, 3.05) is 51.0 Å². The van der Waals surface area contributed by atoms with Crippen LogP contribution in [-0.2, 0) is 34.0 Å². The van der Waals surface area contributed by atoms with E-state index in [2.05, 4.69) is 10.00 Å². The second-order valence-electron chi connectivity index (χ2n) is 8.45. The Balaban J connectivity index is 1.58. The highest BCUT2D eigenvalue weighted by molar-refractivity contribution is 7.88. The van der Waals surface area contributed by atoms with E-state index in [-0.39, 0.29) is 24.2 Å². The predicted molar refractivity (Wildman–Crippen MR) is 123 cm³/mol. The Morgan fingerprint density at radius 3 is 2.43 bits per heavy atom. The molecule has 0 saturated carbocycles. The molecular weight excluding hydrogens is 511 g/mol. The number of carbonyl (C=O) groups excluding carboxylic acids is 1. The molecule has 35 heavy (non-hydrogen) atoms. The molecule has 1 unspecified atom stereocenters. The first-order valence-corrected chi connectivity index (χ1v) is 13.1. The van der Waals surface area contributed by atoms with E-state index >= 15 is 0 Å². The summed E-state index contributed by atoms with van der Waals surface area (Å²) >= 11 is 6.10. The van der Waals surface area contributed by atoms with Crippen LogP contribution in [0.3, 0.4) is 0 Å². The van der Waals surface area contributed by atoms with Gasteiger partial charge in [-0.15, -0.1) is 0 Å². The minimum Gasteiger partial charge on any atom is -0.495 e. The van der Waals surface area contributed by atoms with Crippen LogP contribution in [0.4, 0.5) is 18.9 Å². The second-order valence-corrected chi connectivity index (χ2v) is 10.8. The van der Waals surface area contributed by atoms with E-state index in [0.29, 0.717) is 43.2 Å². The van der Waals surface area contributed by atoms with Crippen LogP contribution < -0.4 is 9.64 Å². The highest BCUT2D eigenvalue weighted by Gasteiger charge is 2.43. The Hall–Kier alpha value is -2.35. The maximum Gasteiger partial charge on any atom is 0.435 e. The van der Waals surface area contributed by atoms with E-state index in [1.54, 1.807) is 11.0 Å². The fourth-order valence-corrected chi connectivity index (χ4v) is 5.52. The monoisotopic (exact) mass is 535 g/mol. The molecule has 0 amide bonds. The molecular formula is C21H25ClF3N5O4S. The van der Waals surface area contributed by atoms with Crippen molar-refractivity contribution in [3.05, 3.63) is 40.2 Å². The summed E-state index contributed by atoms with van der Waals surface area (Å²) in [4.78, 5) is 16.0. The zero-order valence-corrected chi connectivity index (χ0v) is 20.7. The summed E-state index contributed by atoms with van der Waals surface area (Å²) in [5, 5.41) is 4.27. The molecule has 0 spiro atoms. The number of alkyl halides is 3. The van der Waals surface area contributed by atoms with Crippen LogP contribution in [0.2, 0.25) is 5.02 Å². The molecule has 1 aromatic heterocycles. The van der Waals surface area contributed by atoms with Crippen LogP contribution in [0, 0.1) is 0 Å². The lowest BCUT2D eigenvalue weighted by Crippen LogP contribution is -2.50. The zero-order valence-electron chi connectivity index (χ0n) is 19.1. The Kier molecular flexibility index (Phi) is 7.06. The van der Waals surface area contributed by atoms with Gasteiger partial charge in [-0.3, -0.25) is 9.69 Å². The van der Waals surface area contributed by atoms with Gasteiger partial charge in [-0.25, -0.2) is 13.1 Å². The van der Waals surface area contributed by atoms with Gasteiger partial charge in [0.1, 0.15) is 5.75 Å². The van der Waals surface area contributed by atoms with Gasteiger partial charge in [0, 0.05) is 68.7 Å². The number of ether oxygens (including phenoxy) is 1. The van der Waals surface area contributed by atoms with Gasteiger partial charge in [0.05, 0.1) is 18.4 Å².